The number of hydrogen-bond acceptors (Lipinski definition) is 4. The molecule has 1 rings (SSSR count). The molecule has 1 fully saturated rings. The van der Waals surface area contributed by atoms with Crippen molar-refractivity contribution in [1.82, 2.24) is 0 Å². The van der Waals surface area contributed by atoms with E-state index in [4.69, 9.17) is 5.26 Å². The molecule has 1 saturated carbocycles. The summed E-state index contributed by atoms with van der Waals surface area (Å²) in [6.07, 6.45) is 1.71. The molecule has 0 spiro atoms. The molecule has 0 N–H and O–H groups in total. The summed E-state index contributed by atoms with van der Waals surface area (Å²) in [5.41, 5.74) is -0.552. The van der Waals surface area contributed by atoms with Gasteiger partial charge in [0.2, 0.25) is 0 Å². The maximum atomic E-state index is 10.6. The van der Waals surface area contributed by atoms with Crippen LogP contribution in [-0.2, 0) is 14.3 Å². The first-order valence-corrected chi connectivity index (χ1v) is 6.35. The van der Waals surface area contributed by atoms with Gasteiger partial charge >= 0.3 is 0 Å². The second-order valence-electron chi connectivity index (χ2n) is 2.91. The molecule has 0 heterocycles. The Morgan fingerprint density at radius 3 is 2.58 bits per heavy atom. The van der Waals surface area contributed by atoms with Crippen molar-refractivity contribution in [2.75, 3.05) is 12.9 Å². The highest BCUT2D eigenvalue weighted by molar-refractivity contribution is 14.1. The minimum Gasteiger partial charge on any atom is -0.269 e. The van der Waals surface area contributed by atoms with Gasteiger partial charge in [0, 0.05) is 3.92 Å². The average molecular weight is 301 g/mol. The lowest BCUT2D eigenvalue weighted by Gasteiger charge is -2.04. The zero-order valence-corrected chi connectivity index (χ0v) is 9.42. The van der Waals surface area contributed by atoms with Crippen LogP contribution in [0.3, 0.4) is 0 Å². The van der Waals surface area contributed by atoms with Crippen LogP contribution in [0, 0.1) is 16.7 Å². The lowest BCUT2D eigenvalue weighted by atomic mass is 10.2. The van der Waals surface area contributed by atoms with Crippen molar-refractivity contribution in [2.24, 2.45) is 5.41 Å². The molecule has 68 valence electrons. The summed E-state index contributed by atoms with van der Waals surface area (Å²) in [6, 6.07) is 2.08. The summed E-state index contributed by atoms with van der Waals surface area (Å²) in [6.45, 7) is -0.00403. The number of nitrogens with zero attached hydrogens (tertiary/aromatic N) is 1. The van der Waals surface area contributed by atoms with Crippen molar-refractivity contribution in [3.8, 4) is 6.07 Å². The molecule has 0 aromatic carbocycles. The maximum Gasteiger partial charge on any atom is 0.264 e. The van der Waals surface area contributed by atoms with Gasteiger partial charge in [-0.3, -0.25) is 4.18 Å². The van der Waals surface area contributed by atoms with Crippen LogP contribution in [0.1, 0.15) is 6.42 Å². The summed E-state index contributed by atoms with van der Waals surface area (Å²) in [4.78, 5) is 0. The molecule has 12 heavy (non-hydrogen) atoms. The Hall–Kier alpha value is 0.130. The molecule has 4 nitrogen and oxygen atoms in total. The van der Waals surface area contributed by atoms with Crippen molar-refractivity contribution in [1.29, 1.82) is 5.26 Å². The quantitative estimate of drug-likeness (QED) is 0.437. The van der Waals surface area contributed by atoms with E-state index < -0.39 is 15.5 Å². The van der Waals surface area contributed by atoms with Gasteiger partial charge in [-0.05, 0) is 6.42 Å². The molecule has 0 bridgehead atoms. The van der Waals surface area contributed by atoms with E-state index in [0.29, 0.717) is 0 Å². The first-order chi connectivity index (χ1) is 5.40. The van der Waals surface area contributed by atoms with Gasteiger partial charge in [0.15, 0.2) is 0 Å². The third-order valence-corrected chi connectivity index (χ3v) is 3.91. The first-order valence-electron chi connectivity index (χ1n) is 3.29. The molecular formula is C6H8INO3S. The van der Waals surface area contributed by atoms with Crippen molar-refractivity contribution < 1.29 is 12.6 Å². The van der Waals surface area contributed by atoms with Crippen LogP contribution < -0.4 is 0 Å². The SMILES string of the molecule is CS(=O)(=O)OCC1(C#N)CC1I. The molecule has 2 unspecified atom stereocenters. The minimum atomic E-state index is -3.41. The van der Waals surface area contributed by atoms with Crippen molar-refractivity contribution in [2.45, 2.75) is 10.3 Å². The third-order valence-electron chi connectivity index (χ3n) is 1.74. The fourth-order valence-electron chi connectivity index (χ4n) is 0.770. The van der Waals surface area contributed by atoms with E-state index in [1.165, 1.54) is 0 Å². The summed E-state index contributed by atoms with van der Waals surface area (Å²) in [5, 5.41) is 8.69. The van der Waals surface area contributed by atoms with Crippen LogP contribution in [-0.4, -0.2) is 25.2 Å². The Bertz CT molecular complexity index is 320. The predicted octanol–water partition coefficient (Wildman–Crippen LogP) is 0.680. The fourth-order valence-corrected chi connectivity index (χ4v) is 2.30. The summed E-state index contributed by atoms with van der Waals surface area (Å²) in [5.74, 6) is 0. The van der Waals surface area contributed by atoms with E-state index in [9.17, 15) is 8.42 Å². The molecule has 1 aliphatic carbocycles. The largest absolute Gasteiger partial charge is 0.269 e. The average Bonchev–Trinajstić information content (AvgIpc) is 2.57. The second kappa shape index (κ2) is 3.12. The Kier molecular flexibility index (Phi) is 2.66. The van der Waals surface area contributed by atoms with Crippen LogP contribution in [0.15, 0.2) is 0 Å². The van der Waals surface area contributed by atoms with E-state index >= 15 is 0 Å². The highest BCUT2D eigenvalue weighted by Gasteiger charge is 2.54. The van der Waals surface area contributed by atoms with Gasteiger partial charge in [-0.15, -0.1) is 0 Å². The van der Waals surface area contributed by atoms with Gasteiger partial charge in [0.05, 0.1) is 24.3 Å². The molecule has 0 aromatic rings. The predicted molar refractivity (Wildman–Crippen MR) is 51.3 cm³/mol. The van der Waals surface area contributed by atoms with E-state index in [-0.39, 0.29) is 10.5 Å². The zero-order chi connectivity index (χ0) is 9.41. The monoisotopic (exact) mass is 301 g/mol. The molecule has 0 aromatic heterocycles. The molecular weight excluding hydrogens is 293 g/mol. The van der Waals surface area contributed by atoms with E-state index in [1.807, 2.05) is 0 Å². The van der Waals surface area contributed by atoms with Crippen molar-refractivity contribution >= 4 is 32.7 Å². The van der Waals surface area contributed by atoms with Crippen LogP contribution in [0.25, 0.3) is 0 Å². The molecule has 0 aliphatic heterocycles. The second-order valence-corrected chi connectivity index (χ2v) is 6.05. The number of halogens is 1. The topological polar surface area (TPSA) is 67.2 Å². The summed E-state index contributed by atoms with van der Waals surface area (Å²) < 4.78 is 26.0. The van der Waals surface area contributed by atoms with Crippen LogP contribution in [0.4, 0.5) is 0 Å². The normalized spacial score (nSPS) is 34.2. The van der Waals surface area contributed by atoms with E-state index in [1.54, 1.807) is 0 Å². The third kappa shape index (κ3) is 2.31. The van der Waals surface area contributed by atoms with E-state index in [0.717, 1.165) is 12.7 Å². The zero-order valence-electron chi connectivity index (χ0n) is 6.45. The molecule has 0 radical (unpaired) electrons. The van der Waals surface area contributed by atoms with Gasteiger partial charge < -0.3 is 0 Å². The molecule has 1 aliphatic rings. The van der Waals surface area contributed by atoms with Crippen LogP contribution in [0.2, 0.25) is 0 Å². The van der Waals surface area contributed by atoms with Crippen LogP contribution >= 0.6 is 22.6 Å². The summed E-state index contributed by atoms with van der Waals surface area (Å²) in [7, 11) is -3.41. The van der Waals surface area contributed by atoms with Gasteiger partial charge in [0.25, 0.3) is 10.1 Å². The lowest BCUT2D eigenvalue weighted by Crippen LogP contribution is -2.14. The van der Waals surface area contributed by atoms with Crippen molar-refractivity contribution in [3.05, 3.63) is 0 Å². The Morgan fingerprint density at radius 2 is 2.33 bits per heavy atom. The molecule has 2 atom stereocenters. The smallest absolute Gasteiger partial charge is 0.264 e. The number of nitriles is 1. The highest BCUT2D eigenvalue weighted by atomic mass is 127. The first kappa shape index (κ1) is 10.2. The highest BCUT2D eigenvalue weighted by Crippen LogP contribution is 2.51. The van der Waals surface area contributed by atoms with Crippen LogP contribution in [0.5, 0.6) is 0 Å². The lowest BCUT2D eigenvalue weighted by molar-refractivity contribution is 0.277. The molecule has 6 heteroatoms. The Balaban J connectivity index is 2.50. The number of hydrogen-bond donors (Lipinski definition) is 0. The number of rotatable bonds is 3. The van der Waals surface area contributed by atoms with E-state index in [2.05, 4.69) is 32.8 Å². The van der Waals surface area contributed by atoms with Gasteiger partial charge in [-0.25, -0.2) is 0 Å². The maximum absolute atomic E-state index is 10.6. The standard InChI is InChI=1S/C6H8INO3S/c1-12(9,10)11-4-6(3-8)2-5(6)7/h5H,2,4H2,1H3. The molecule has 0 saturated heterocycles. The fraction of sp³-hybridized carbons (Fsp3) is 0.833. The van der Waals surface area contributed by atoms with Gasteiger partial charge in [-0.1, -0.05) is 22.6 Å². The Morgan fingerprint density at radius 1 is 1.83 bits per heavy atom. The number of alkyl halides is 1. The van der Waals surface area contributed by atoms with Gasteiger partial charge in [0.1, 0.15) is 0 Å². The minimum absolute atomic E-state index is 0.00403. The van der Waals surface area contributed by atoms with Gasteiger partial charge in [-0.2, -0.15) is 13.7 Å². The van der Waals surface area contributed by atoms with Crippen molar-refractivity contribution in [3.63, 3.8) is 0 Å². The Labute approximate surface area is 85.2 Å². The summed E-state index contributed by atoms with van der Waals surface area (Å²) >= 11 is 2.12. The molecule has 0 amide bonds.